The third-order valence-corrected chi connectivity index (χ3v) is 4.85. The van der Waals surface area contributed by atoms with Gasteiger partial charge in [0.25, 0.3) is 5.91 Å². The molecular formula is C15H26N4OS. The Hall–Kier alpha value is -1.30. The number of nitrogens with zero attached hydrogens (tertiary/aromatic N) is 1. The average Bonchev–Trinajstić information content (AvgIpc) is 2.89. The maximum Gasteiger partial charge on any atom is 0.265 e. The van der Waals surface area contributed by atoms with E-state index >= 15 is 0 Å². The molecule has 1 saturated carbocycles. The zero-order valence-electron chi connectivity index (χ0n) is 13.3. The molecule has 0 bridgehead atoms. The van der Waals surface area contributed by atoms with Crippen molar-refractivity contribution in [1.82, 2.24) is 10.3 Å². The largest absolute Gasteiger partial charge is 0.382 e. The summed E-state index contributed by atoms with van der Waals surface area (Å²) in [5.41, 5.74) is 6.20. The minimum atomic E-state index is -0.0923. The van der Waals surface area contributed by atoms with Crippen LogP contribution >= 0.6 is 11.3 Å². The van der Waals surface area contributed by atoms with E-state index in [2.05, 4.69) is 43.3 Å². The predicted octanol–water partition coefficient (Wildman–Crippen LogP) is 3.10. The number of nitrogens with one attached hydrogen (secondary N) is 2. The molecule has 0 radical (unpaired) electrons. The van der Waals surface area contributed by atoms with Gasteiger partial charge in [0.1, 0.15) is 10.7 Å². The van der Waals surface area contributed by atoms with Gasteiger partial charge in [-0.25, -0.2) is 4.98 Å². The van der Waals surface area contributed by atoms with Gasteiger partial charge in [-0.2, -0.15) is 0 Å². The molecule has 1 aromatic heterocycles. The van der Waals surface area contributed by atoms with Gasteiger partial charge in [0.05, 0.1) is 0 Å². The van der Waals surface area contributed by atoms with Crippen LogP contribution in [-0.2, 0) is 0 Å². The van der Waals surface area contributed by atoms with Crippen LogP contribution in [0.5, 0.6) is 0 Å². The Balaban J connectivity index is 1.96. The molecule has 0 spiro atoms. The van der Waals surface area contributed by atoms with Crippen molar-refractivity contribution in [2.24, 2.45) is 11.3 Å². The molecular weight excluding hydrogens is 284 g/mol. The lowest BCUT2D eigenvalue weighted by Crippen LogP contribution is -2.33. The topological polar surface area (TPSA) is 80.0 Å². The molecule has 21 heavy (non-hydrogen) atoms. The number of carbonyl (C=O) groups excluding carboxylic acids is 1. The van der Waals surface area contributed by atoms with Crippen molar-refractivity contribution in [2.45, 2.75) is 53.0 Å². The van der Waals surface area contributed by atoms with Crippen LogP contribution in [0.3, 0.4) is 0 Å². The monoisotopic (exact) mass is 310 g/mol. The molecule has 0 aliphatic heterocycles. The van der Waals surface area contributed by atoms with Crippen molar-refractivity contribution >= 4 is 28.2 Å². The number of rotatable bonds is 5. The van der Waals surface area contributed by atoms with Gasteiger partial charge in [0, 0.05) is 12.6 Å². The highest BCUT2D eigenvalue weighted by atomic mass is 32.1. The maximum absolute atomic E-state index is 12.3. The standard InChI is InChI=1S/C15H26N4OS/c1-9(2)8-17-14-19-12(16)11(21-14)13(20)18-10-5-6-15(3,4)7-10/h9-10H,5-8,16H2,1-4H3,(H,17,19)(H,18,20). The maximum atomic E-state index is 12.3. The van der Waals surface area contributed by atoms with E-state index in [1.54, 1.807) is 0 Å². The van der Waals surface area contributed by atoms with Crippen molar-refractivity contribution in [1.29, 1.82) is 0 Å². The van der Waals surface area contributed by atoms with Gasteiger partial charge in [0.2, 0.25) is 0 Å². The summed E-state index contributed by atoms with van der Waals surface area (Å²) < 4.78 is 0. The smallest absolute Gasteiger partial charge is 0.265 e. The molecule has 1 aliphatic rings. The molecule has 118 valence electrons. The molecule has 1 fully saturated rings. The second-order valence-corrected chi connectivity index (χ2v) is 8.08. The highest BCUT2D eigenvalue weighted by Gasteiger charge is 2.32. The number of carbonyl (C=O) groups is 1. The number of hydrogen-bond acceptors (Lipinski definition) is 5. The van der Waals surface area contributed by atoms with E-state index in [0.29, 0.717) is 22.0 Å². The van der Waals surface area contributed by atoms with Gasteiger partial charge < -0.3 is 16.4 Å². The highest BCUT2D eigenvalue weighted by Crippen LogP contribution is 2.37. The van der Waals surface area contributed by atoms with E-state index in [0.717, 1.165) is 30.9 Å². The van der Waals surface area contributed by atoms with Crippen LogP contribution in [0, 0.1) is 11.3 Å². The number of nitrogens with two attached hydrogens (primary N) is 1. The van der Waals surface area contributed by atoms with E-state index in [1.165, 1.54) is 11.3 Å². The van der Waals surface area contributed by atoms with Crippen molar-refractivity contribution < 1.29 is 4.79 Å². The normalized spacial score (nSPS) is 20.7. The zero-order valence-corrected chi connectivity index (χ0v) is 14.1. The Labute approximate surface area is 130 Å². The van der Waals surface area contributed by atoms with Crippen molar-refractivity contribution in [3.05, 3.63) is 4.88 Å². The summed E-state index contributed by atoms with van der Waals surface area (Å²) in [6.07, 6.45) is 3.21. The van der Waals surface area contributed by atoms with Crippen LogP contribution < -0.4 is 16.4 Å². The molecule has 1 heterocycles. The summed E-state index contributed by atoms with van der Waals surface area (Å²) in [7, 11) is 0. The Morgan fingerprint density at radius 2 is 2.24 bits per heavy atom. The number of anilines is 2. The SMILES string of the molecule is CC(C)CNc1nc(N)c(C(=O)NC2CCC(C)(C)C2)s1. The second-order valence-electron chi connectivity index (χ2n) is 7.09. The molecule has 1 amide bonds. The minimum absolute atomic E-state index is 0.0923. The molecule has 1 aliphatic carbocycles. The van der Waals surface area contributed by atoms with Gasteiger partial charge in [0.15, 0.2) is 5.13 Å². The number of hydrogen-bond donors (Lipinski definition) is 3. The van der Waals surface area contributed by atoms with Gasteiger partial charge in [-0.3, -0.25) is 4.79 Å². The van der Waals surface area contributed by atoms with E-state index in [-0.39, 0.29) is 11.9 Å². The molecule has 4 N–H and O–H groups in total. The van der Waals surface area contributed by atoms with Crippen LogP contribution in [0.15, 0.2) is 0 Å². The lowest BCUT2D eigenvalue weighted by Gasteiger charge is -2.17. The van der Waals surface area contributed by atoms with Crippen molar-refractivity contribution in [3.8, 4) is 0 Å². The first-order chi connectivity index (χ1) is 9.77. The lowest BCUT2D eigenvalue weighted by atomic mass is 9.92. The Kier molecular flexibility index (Phi) is 4.76. The van der Waals surface area contributed by atoms with Crippen LogP contribution in [0.1, 0.15) is 56.6 Å². The van der Waals surface area contributed by atoms with Crippen LogP contribution in [0.25, 0.3) is 0 Å². The Morgan fingerprint density at radius 3 is 2.81 bits per heavy atom. The van der Waals surface area contributed by atoms with E-state index in [9.17, 15) is 4.79 Å². The summed E-state index contributed by atoms with van der Waals surface area (Å²) in [4.78, 5) is 17.1. The molecule has 2 rings (SSSR count). The first-order valence-corrected chi connectivity index (χ1v) is 8.39. The minimum Gasteiger partial charge on any atom is -0.382 e. The fourth-order valence-electron chi connectivity index (χ4n) is 2.67. The average molecular weight is 310 g/mol. The third kappa shape index (κ3) is 4.33. The molecule has 0 saturated heterocycles. The summed E-state index contributed by atoms with van der Waals surface area (Å²) >= 11 is 1.33. The number of amides is 1. The predicted molar refractivity (Wildman–Crippen MR) is 88.7 cm³/mol. The second kappa shape index (κ2) is 6.22. The summed E-state index contributed by atoms with van der Waals surface area (Å²) in [6, 6.07) is 0.251. The fraction of sp³-hybridized carbons (Fsp3) is 0.733. The first kappa shape index (κ1) is 16.1. The van der Waals surface area contributed by atoms with Crippen LogP contribution in [-0.4, -0.2) is 23.5 Å². The lowest BCUT2D eigenvalue weighted by molar-refractivity contribution is 0.0941. The number of thiazole rings is 1. The Morgan fingerprint density at radius 1 is 1.52 bits per heavy atom. The van der Waals surface area contributed by atoms with Crippen molar-refractivity contribution in [3.63, 3.8) is 0 Å². The summed E-state index contributed by atoms with van der Waals surface area (Å²) in [6.45, 7) is 9.56. The number of nitrogen functional groups attached to an aromatic ring is 1. The van der Waals surface area contributed by atoms with E-state index in [1.807, 2.05) is 0 Å². The quantitative estimate of drug-likeness (QED) is 0.780. The third-order valence-electron chi connectivity index (χ3n) is 3.82. The highest BCUT2D eigenvalue weighted by molar-refractivity contribution is 7.18. The van der Waals surface area contributed by atoms with Crippen LogP contribution in [0.4, 0.5) is 10.9 Å². The van der Waals surface area contributed by atoms with Crippen LogP contribution in [0.2, 0.25) is 0 Å². The molecule has 0 aromatic carbocycles. The summed E-state index contributed by atoms with van der Waals surface area (Å²) in [5.74, 6) is 0.749. The summed E-state index contributed by atoms with van der Waals surface area (Å²) in [5, 5.41) is 7.03. The van der Waals surface area contributed by atoms with Gasteiger partial charge >= 0.3 is 0 Å². The molecule has 1 aromatic rings. The van der Waals surface area contributed by atoms with Gasteiger partial charge in [-0.05, 0) is 30.6 Å². The van der Waals surface area contributed by atoms with Crippen molar-refractivity contribution in [2.75, 3.05) is 17.6 Å². The molecule has 1 unspecified atom stereocenters. The fourth-order valence-corrected chi connectivity index (χ4v) is 3.47. The zero-order chi connectivity index (χ0) is 15.6. The first-order valence-electron chi connectivity index (χ1n) is 7.58. The molecule has 6 heteroatoms. The molecule has 5 nitrogen and oxygen atoms in total. The Bertz CT molecular complexity index is 510. The van der Waals surface area contributed by atoms with E-state index < -0.39 is 0 Å². The van der Waals surface area contributed by atoms with E-state index in [4.69, 9.17) is 5.73 Å². The number of aromatic nitrogens is 1. The van der Waals surface area contributed by atoms with Gasteiger partial charge in [-0.15, -0.1) is 0 Å². The van der Waals surface area contributed by atoms with Gasteiger partial charge in [-0.1, -0.05) is 39.0 Å². The molecule has 1 atom stereocenters.